The van der Waals surface area contributed by atoms with Crippen LogP contribution >= 0.6 is 0 Å². The number of aromatic hydroxyl groups is 1. The molecular weight excluding hydrogens is 649 g/mol. The van der Waals surface area contributed by atoms with Gasteiger partial charge >= 0.3 is 6.01 Å². The highest BCUT2D eigenvalue weighted by Gasteiger charge is 2.53. The Hall–Kier alpha value is -4.22. The van der Waals surface area contributed by atoms with Gasteiger partial charge in [-0.25, -0.2) is 13.2 Å². The quantitative estimate of drug-likeness (QED) is 0.279. The lowest BCUT2D eigenvalue weighted by molar-refractivity contribution is 0.0230. The van der Waals surface area contributed by atoms with Gasteiger partial charge in [-0.3, -0.25) is 9.88 Å². The van der Waals surface area contributed by atoms with Crippen LogP contribution in [0.5, 0.6) is 11.8 Å². The molecule has 9 rings (SSSR count). The molecule has 5 aliphatic rings. The van der Waals surface area contributed by atoms with Gasteiger partial charge in [0.25, 0.3) is 0 Å². The van der Waals surface area contributed by atoms with Crippen molar-refractivity contribution in [2.24, 2.45) is 0 Å². The van der Waals surface area contributed by atoms with Crippen LogP contribution in [0, 0.1) is 24.0 Å². The molecule has 0 aliphatic carbocycles. The zero-order chi connectivity index (χ0) is 34.2. The van der Waals surface area contributed by atoms with E-state index in [0.29, 0.717) is 75.4 Å². The fourth-order valence-electron chi connectivity index (χ4n) is 9.03. The van der Waals surface area contributed by atoms with Crippen molar-refractivity contribution in [3.05, 3.63) is 47.7 Å². The molecule has 2 N–H and O–H groups in total. The number of hydrogen-bond donors (Lipinski definition) is 2. The van der Waals surface area contributed by atoms with E-state index in [-0.39, 0.29) is 63.8 Å². The minimum Gasteiger partial charge on any atom is -0.508 e. The zero-order valence-corrected chi connectivity index (χ0v) is 27.4. The minimum absolute atomic E-state index is 0.0406. The number of fused-ring (bicyclic) bond motifs is 9. The molecule has 7 bridgehead atoms. The van der Waals surface area contributed by atoms with Crippen LogP contribution in [0.4, 0.5) is 19.0 Å². The number of nitrogens with one attached hydrogen (secondary N) is 1. The molecule has 2 aromatic heterocycles. The summed E-state index contributed by atoms with van der Waals surface area (Å²) in [5.74, 6) is 1.25. The summed E-state index contributed by atoms with van der Waals surface area (Å²) in [6.07, 6.45) is 9.66. The Morgan fingerprint density at radius 2 is 1.98 bits per heavy atom. The molecule has 4 fully saturated rings. The Balaban J connectivity index is 1.20. The number of phenols is 1. The normalized spacial score (nSPS) is 29.9. The number of piperazine rings is 1. The van der Waals surface area contributed by atoms with E-state index in [1.54, 1.807) is 0 Å². The molecule has 2 aromatic carbocycles. The van der Waals surface area contributed by atoms with Crippen LogP contribution in [0.1, 0.15) is 37.7 Å². The lowest BCUT2D eigenvalue weighted by atomic mass is 9.94. The molecule has 4 aromatic rings. The van der Waals surface area contributed by atoms with Crippen LogP contribution in [-0.2, 0) is 9.47 Å². The van der Waals surface area contributed by atoms with Crippen LogP contribution < -0.4 is 15.0 Å². The average molecular weight is 687 g/mol. The first-order valence-electron chi connectivity index (χ1n) is 17.3. The first-order valence-corrected chi connectivity index (χ1v) is 17.3. The summed E-state index contributed by atoms with van der Waals surface area (Å²) < 4.78 is 65.6. The van der Waals surface area contributed by atoms with Crippen molar-refractivity contribution in [2.75, 3.05) is 57.5 Å². The third kappa shape index (κ3) is 5.23. The molecule has 5 atom stereocenters. The Morgan fingerprint density at radius 3 is 2.86 bits per heavy atom. The lowest BCUT2D eigenvalue weighted by Gasteiger charge is -2.42. The molecule has 0 unspecified atom stereocenters. The number of aromatic nitrogens is 3. The smallest absolute Gasteiger partial charge is 0.319 e. The number of alkyl halides is 1. The molecule has 13 heteroatoms. The molecular formula is C37H37F3N6O4. The Bertz CT molecular complexity index is 2060. The second-order valence-corrected chi connectivity index (χ2v) is 14.5. The Morgan fingerprint density at radius 1 is 1.08 bits per heavy atom. The van der Waals surface area contributed by atoms with Crippen LogP contribution in [0.25, 0.3) is 32.9 Å². The number of ether oxygens (including phenoxy) is 3. The van der Waals surface area contributed by atoms with Crippen LogP contribution in [0.2, 0.25) is 0 Å². The van der Waals surface area contributed by atoms with E-state index in [0.717, 1.165) is 19.3 Å². The van der Waals surface area contributed by atoms with Crippen molar-refractivity contribution in [3.8, 4) is 35.4 Å². The molecule has 260 valence electrons. The monoisotopic (exact) mass is 686 g/mol. The minimum atomic E-state index is -0.997. The van der Waals surface area contributed by atoms with Crippen molar-refractivity contribution in [1.82, 2.24) is 25.2 Å². The molecule has 4 saturated heterocycles. The van der Waals surface area contributed by atoms with Crippen LogP contribution in [0.15, 0.2) is 30.5 Å². The number of nitrogens with zero attached hydrogens (tertiary/aromatic N) is 5. The third-order valence-electron chi connectivity index (χ3n) is 11.2. The van der Waals surface area contributed by atoms with E-state index in [1.165, 1.54) is 30.5 Å². The van der Waals surface area contributed by atoms with Gasteiger partial charge in [0.15, 0.2) is 5.82 Å². The third-order valence-corrected chi connectivity index (χ3v) is 11.2. The number of anilines is 1. The van der Waals surface area contributed by atoms with Gasteiger partial charge in [-0.2, -0.15) is 9.97 Å². The van der Waals surface area contributed by atoms with Gasteiger partial charge in [0.2, 0.25) is 0 Å². The summed E-state index contributed by atoms with van der Waals surface area (Å²) in [6.45, 7) is 3.78. The molecule has 2 spiro atoms. The van der Waals surface area contributed by atoms with Gasteiger partial charge in [-0.15, -0.1) is 6.42 Å². The van der Waals surface area contributed by atoms with Crippen molar-refractivity contribution in [1.29, 1.82) is 0 Å². The number of benzene rings is 2. The maximum Gasteiger partial charge on any atom is 0.319 e. The number of terminal acetylenes is 1. The van der Waals surface area contributed by atoms with E-state index in [1.807, 2.05) is 0 Å². The number of pyridine rings is 1. The van der Waals surface area contributed by atoms with E-state index >= 15 is 4.39 Å². The summed E-state index contributed by atoms with van der Waals surface area (Å²) in [6, 6.07) is 5.58. The molecule has 7 heterocycles. The van der Waals surface area contributed by atoms with E-state index in [2.05, 4.69) is 31.0 Å². The van der Waals surface area contributed by atoms with Crippen LogP contribution in [0.3, 0.4) is 0 Å². The van der Waals surface area contributed by atoms with Gasteiger partial charge in [0, 0.05) is 69.0 Å². The number of phenolic OH excluding ortho intramolecular Hbond substituents is 1. The van der Waals surface area contributed by atoms with Crippen molar-refractivity contribution >= 4 is 27.5 Å². The van der Waals surface area contributed by atoms with Gasteiger partial charge < -0.3 is 29.5 Å². The van der Waals surface area contributed by atoms with Crippen molar-refractivity contribution in [2.45, 2.75) is 61.5 Å². The van der Waals surface area contributed by atoms with Crippen molar-refractivity contribution < 1.29 is 32.5 Å². The van der Waals surface area contributed by atoms with Gasteiger partial charge in [-0.1, -0.05) is 12.0 Å². The fourth-order valence-corrected chi connectivity index (χ4v) is 9.03. The first-order chi connectivity index (χ1) is 24.2. The standard InChI is InChI=1S/C37H37F3N6O4/c1-2-26-29(39)5-4-21-10-24(47)11-27(30(21)26)32-31(40)33-28(14-41-32)34-43-35(42-33)50-20-37-12-22(38)15-46(37)17-25(13-37)49-9-3-8-48-19-36-7-6-23(44-36)16-45(34)18-36/h1,4-5,10-11,14,22-23,25,44,47H,3,6-9,12-13,15-20H2/t22-,23+,25-,36-,37-/m0/s1. The average Bonchev–Trinajstić information content (AvgIpc) is 3.70. The molecule has 0 radical (unpaired) electrons. The maximum absolute atomic E-state index is 17.0. The Kier molecular flexibility index (Phi) is 7.58. The second kappa shape index (κ2) is 11.9. The van der Waals surface area contributed by atoms with Crippen molar-refractivity contribution in [3.63, 3.8) is 0 Å². The lowest BCUT2D eigenvalue weighted by Crippen LogP contribution is -2.62. The van der Waals surface area contributed by atoms with Gasteiger partial charge in [0.1, 0.15) is 41.4 Å². The SMILES string of the molecule is C#Cc1c(F)ccc2cc(O)cc(-c3ncc4c5nc(nc4c3F)OC[C@@]34C[C@H](F)CN3C[C@H](C4)OCCCOC[C@]34CC[C@H](CN5C3)N4)c12. The molecule has 10 nitrogen and oxygen atoms in total. The predicted octanol–water partition coefficient (Wildman–Crippen LogP) is 4.49. The number of rotatable bonds is 1. The zero-order valence-electron chi connectivity index (χ0n) is 27.4. The molecule has 0 amide bonds. The summed E-state index contributed by atoms with van der Waals surface area (Å²) >= 11 is 0. The van der Waals surface area contributed by atoms with Crippen LogP contribution in [-0.4, -0.2) is 107 Å². The highest BCUT2D eigenvalue weighted by atomic mass is 19.1. The summed E-state index contributed by atoms with van der Waals surface area (Å²) in [5.41, 5.74) is -1.07. The summed E-state index contributed by atoms with van der Waals surface area (Å²) in [4.78, 5) is 18.2. The van der Waals surface area contributed by atoms with Gasteiger partial charge in [0.05, 0.1) is 34.7 Å². The number of halogens is 3. The van der Waals surface area contributed by atoms with E-state index in [9.17, 15) is 13.9 Å². The van der Waals surface area contributed by atoms with Gasteiger partial charge in [-0.05, 0) is 49.3 Å². The summed E-state index contributed by atoms with van der Waals surface area (Å²) in [7, 11) is 0. The highest BCUT2D eigenvalue weighted by molar-refractivity contribution is 6.03. The topological polar surface area (TPSA) is 105 Å². The molecule has 0 saturated carbocycles. The van der Waals surface area contributed by atoms with E-state index < -0.39 is 23.3 Å². The maximum atomic E-state index is 17.0. The molecule has 5 aliphatic heterocycles. The summed E-state index contributed by atoms with van der Waals surface area (Å²) in [5, 5.41) is 15.4. The Labute approximate surface area is 286 Å². The highest BCUT2D eigenvalue weighted by Crippen LogP contribution is 2.43. The predicted molar refractivity (Wildman–Crippen MR) is 180 cm³/mol. The van der Waals surface area contributed by atoms with E-state index in [4.69, 9.17) is 25.6 Å². The second-order valence-electron chi connectivity index (χ2n) is 14.5. The fraction of sp³-hybridized carbons (Fsp3) is 0.486. The first kappa shape index (κ1) is 31.7. The largest absolute Gasteiger partial charge is 0.508 e. The molecule has 50 heavy (non-hydrogen) atoms. The number of hydrogen-bond acceptors (Lipinski definition) is 10.